The van der Waals surface area contributed by atoms with Crippen molar-refractivity contribution >= 4 is 56.6 Å². The molecular formula is C40H45N13O6. The Hall–Kier alpha value is -7.15. The first-order valence-electron chi connectivity index (χ1n) is 19.1. The molecule has 3 amide bonds. The highest BCUT2D eigenvalue weighted by Crippen LogP contribution is 2.36. The van der Waals surface area contributed by atoms with Crippen molar-refractivity contribution in [1.82, 2.24) is 49.2 Å². The fourth-order valence-corrected chi connectivity index (χ4v) is 6.98. The normalized spacial score (nSPS) is 11.7. The van der Waals surface area contributed by atoms with Gasteiger partial charge in [-0.15, -0.1) is 0 Å². The Morgan fingerprint density at radius 1 is 0.898 bits per heavy atom. The van der Waals surface area contributed by atoms with Gasteiger partial charge in [-0.1, -0.05) is 19.1 Å². The van der Waals surface area contributed by atoms with Gasteiger partial charge in [0.1, 0.15) is 28.5 Å². The molecule has 0 bridgehead atoms. The third-order valence-corrected chi connectivity index (χ3v) is 9.67. The van der Waals surface area contributed by atoms with E-state index >= 15 is 0 Å². The van der Waals surface area contributed by atoms with Gasteiger partial charge in [0.2, 0.25) is 23.5 Å². The molecule has 19 nitrogen and oxygen atoms in total. The van der Waals surface area contributed by atoms with Crippen molar-refractivity contribution in [2.45, 2.75) is 60.2 Å². The number of carbonyl (C=O) groups excluding carboxylic acids is 3. The summed E-state index contributed by atoms with van der Waals surface area (Å²) >= 11 is 0. The van der Waals surface area contributed by atoms with Crippen LogP contribution in [0.2, 0.25) is 0 Å². The molecule has 5 aromatic heterocycles. The van der Waals surface area contributed by atoms with Crippen LogP contribution in [0.3, 0.4) is 0 Å². The topological polar surface area (TPSA) is 251 Å². The van der Waals surface area contributed by atoms with Gasteiger partial charge in [0.25, 0.3) is 5.91 Å². The monoisotopic (exact) mass is 803 g/mol. The molecule has 0 saturated carbocycles. The van der Waals surface area contributed by atoms with Crippen LogP contribution in [0.1, 0.15) is 68.9 Å². The zero-order valence-electron chi connectivity index (χ0n) is 33.6. The largest absolute Gasteiger partial charge is 0.495 e. The average Bonchev–Trinajstić information content (AvgIpc) is 3.98. The van der Waals surface area contributed by atoms with Crippen LogP contribution < -0.4 is 31.6 Å². The van der Waals surface area contributed by atoms with Crippen LogP contribution in [0.15, 0.2) is 47.0 Å². The molecule has 7 aromatic rings. The predicted molar refractivity (Wildman–Crippen MR) is 220 cm³/mol. The standard InChI is InChI=1S/C40H45N13O6/c1-7-27-33(59-22(4)46-27)39(56)49-40-47-28-17-24(35(42)55)19-30(58-15-11-12-43-5)32(28)52(40)14-10-9-13-51-31-25(16-23(34(41)54)18-29(31)57-6)26-20-44-36(48-37(26)51)38-45-21(3)50-53(38)8-2/h9-10,16-20,43H,7-8,11-15H2,1-6H3,(H2,41,54)(H2,42,55)(H,47,49,56)/b10-9+. The van der Waals surface area contributed by atoms with Crippen LogP contribution in [0, 0.1) is 13.8 Å². The number of nitrogens with one attached hydrogen (secondary N) is 2. The van der Waals surface area contributed by atoms with Crippen molar-refractivity contribution < 1.29 is 28.3 Å². The van der Waals surface area contributed by atoms with Crippen LogP contribution in [0.4, 0.5) is 5.95 Å². The van der Waals surface area contributed by atoms with Crippen LogP contribution >= 0.6 is 0 Å². The second-order valence-electron chi connectivity index (χ2n) is 13.6. The highest BCUT2D eigenvalue weighted by Gasteiger charge is 2.24. The zero-order chi connectivity index (χ0) is 42.0. The second-order valence-corrected chi connectivity index (χ2v) is 13.6. The first kappa shape index (κ1) is 40.1. The Balaban J connectivity index is 1.33. The minimum Gasteiger partial charge on any atom is -0.495 e. The summed E-state index contributed by atoms with van der Waals surface area (Å²) in [4.78, 5) is 61.8. The number of hydrogen-bond donors (Lipinski definition) is 4. The summed E-state index contributed by atoms with van der Waals surface area (Å²) in [5.74, 6) is 1.08. The number of oxazole rings is 1. The molecule has 5 heterocycles. The van der Waals surface area contributed by atoms with E-state index in [1.165, 1.54) is 7.11 Å². The first-order valence-corrected chi connectivity index (χ1v) is 19.1. The summed E-state index contributed by atoms with van der Waals surface area (Å²) in [5, 5.41) is 11.8. The zero-order valence-corrected chi connectivity index (χ0v) is 33.6. The Labute approximate surface area is 337 Å². The SMILES string of the molecule is CCc1nc(C)oc1C(=O)Nc1nc2cc(C(N)=O)cc(OCCCNC)c2n1C/C=C/Cn1c2nc(-c3nc(C)nn3CC)ncc2c2cc(C(N)=O)cc(OC)c21. The number of nitrogens with two attached hydrogens (primary N) is 2. The van der Waals surface area contributed by atoms with E-state index in [1.807, 2.05) is 37.6 Å². The molecule has 6 N–H and O–H groups in total. The fraction of sp³-hybridized carbons (Fsp3) is 0.325. The van der Waals surface area contributed by atoms with Crippen LogP contribution in [0.5, 0.6) is 11.5 Å². The number of primary amides is 2. The Bertz CT molecular complexity index is 2780. The Morgan fingerprint density at radius 2 is 1.63 bits per heavy atom. The summed E-state index contributed by atoms with van der Waals surface area (Å²) < 4.78 is 23.2. The van der Waals surface area contributed by atoms with Crippen LogP contribution in [0.25, 0.3) is 44.6 Å². The smallest absolute Gasteiger partial charge is 0.295 e. The lowest BCUT2D eigenvalue weighted by atomic mass is 10.1. The number of nitrogens with zero attached hydrogens (tertiary/aromatic N) is 9. The van der Waals surface area contributed by atoms with Gasteiger partial charge in [-0.25, -0.2) is 29.6 Å². The number of amides is 3. The number of carbonyl (C=O) groups is 3. The van der Waals surface area contributed by atoms with E-state index in [0.29, 0.717) is 106 Å². The number of rotatable bonds is 17. The molecular weight excluding hydrogens is 759 g/mol. The Morgan fingerprint density at radius 3 is 2.32 bits per heavy atom. The maximum absolute atomic E-state index is 13.7. The van der Waals surface area contributed by atoms with E-state index in [2.05, 4.69) is 30.7 Å². The summed E-state index contributed by atoms with van der Waals surface area (Å²) in [6.07, 6.45) is 6.69. The highest BCUT2D eigenvalue weighted by molar-refractivity contribution is 6.12. The average molecular weight is 804 g/mol. The number of imidazole rings is 1. The molecule has 59 heavy (non-hydrogen) atoms. The quantitative estimate of drug-likeness (QED) is 0.0749. The van der Waals surface area contributed by atoms with Crippen LogP contribution in [-0.4, -0.2) is 88.9 Å². The first-order chi connectivity index (χ1) is 28.5. The maximum Gasteiger partial charge on any atom is 0.295 e. The van der Waals surface area contributed by atoms with Crippen LogP contribution in [-0.2, 0) is 26.1 Å². The van der Waals surface area contributed by atoms with Crippen molar-refractivity contribution in [3.63, 3.8) is 0 Å². The molecule has 0 aliphatic carbocycles. The number of ether oxygens (including phenoxy) is 2. The number of anilines is 1. The number of aromatic nitrogens is 9. The van der Waals surface area contributed by atoms with E-state index < -0.39 is 17.7 Å². The third-order valence-electron chi connectivity index (χ3n) is 9.67. The van der Waals surface area contributed by atoms with Gasteiger partial charge >= 0.3 is 0 Å². The lowest BCUT2D eigenvalue weighted by molar-refractivity contribution is 0.0987. The second kappa shape index (κ2) is 16.8. The fourth-order valence-electron chi connectivity index (χ4n) is 6.98. The third kappa shape index (κ3) is 7.78. The number of allylic oxidation sites excluding steroid dienone is 2. The van der Waals surface area contributed by atoms with Gasteiger partial charge in [-0.2, -0.15) is 5.10 Å². The van der Waals surface area contributed by atoms with Gasteiger partial charge in [-0.3, -0.25) is 19.7 Å². The number of hydrogen-bond acceptors (Lipinski definition) is 13. The number of fused-ring (bicyclic) bond motifs is 4. The van der Waals surface area contributed by atoms with Crippen molar-refractivity contribution in [2.24, 2.45) is 11.5 Å². The van der Waals surface area contributed by atoms with E-state index in [1.54, 1.807) is 53.6 Å². The summed E-state index contributed by atoms with van der Waals surface area (Å²) in [6.45, 7) is 9.41. The van der Waals surface area contributed by atoms with E-state index in [9.17, 15) is 14.4 Å². The minimum absolute atomic E-state index is 0.0778. The van der Waals surface area contributed by atoms with E-state index in [-0.39, 0.29) is 35.9 Å². The van der Waals surface area contributed by atoms with Crippen molar-refractivity contribution in [2.75, 3.05) is 32.6 Å². The minimum atomic E-state index is -0.654. The van der Waals surface area contributed by atoms with Crippen molar-refractivity contribution in [3.8, 4) is 23.1 Å². The molecule has 306 valence electrons. The molecule has 0 spiro atoms. The molecule has 0 atom stereocenters. The number of methoxy groups -OCH3 is 1. The van der Waals surface area contributed by atoms with E-state index in [4.69, 9.17) is 35.3 Å². The highest BCUT2D eigenvalue weighted by atomic mass is 16.5. The summed E-state index contributed by atoms with van der Waals surface area (Å²) in [5.41, 5.74) is 14.6. The van der Waals surface area contributed by atoms with Crippen molar-refractivity contribution in [3.05, 3.63) is 76.9 Å². The summed E-state index contributed by atoms with van der Waals surface area (Å²) in [7, 11) is 3.37. The maximum atomic E-state index is 13.7. The Kier molecular flexibility index (Phi) is 11.4. The molecule has 7 rings (SSSR count). The molecule has 0 unspecified atom stereocenters. The molecule has 0 aliphatic heterocycles. The van der Waals surface area contributed by atoms with Gasteiger partial charge in [0.05, 0.1) is 30.4 Å². The molecule has 0 saturated heterocycles. The van der Waals surface area contributed by atoms with Gasteiger partial charge in [0, 0.05) is 54.7 Å². The lowest BCUT2D eigenvalue weighted by Gasteiger charge is -2.13. The van der Waals surface area contributed by atoms with Crippen molar-refractivity contribution in [1.29, 1.82) is 0 Å². The number of benzene rings is 2. The number of aryl methyl sites for hydroxylation is 4. The molecule has 2 aromatic carbocycles. The summed E-state index contributed by atoms with van der Waals surface area (Å²) in [6, 6.07) is 6.44. The molecule has 0 radical (unpaired) electrons. The molecule has 19 heteroatoms. The predicted octanol–water partition coefficient (Wildman–Crippen LogP) is 4.08. The van der Waals surface area contributed by atoms with E-state index in [0.717, 1.165) is 0 Å². The molecule has 0 aliphatic rings. The lowest BCUT2D eigenvalue weighted by Crippen LogP contribution is -2.17. The van der Waals surface area contributed by atoms with Gasteiger partial charge in [0.15, 0.2) is 17.5 Å². The van der Waals surface area contributed by atoms with Gasteiger partial charge in [-0.05, 0) is 64.5 Å². The molecule has 0 fully saturated rings. The van der Waals surface area contributed by atoms with Gasteiger partial charge < -0.3 is 39.8 Å².